The van der Waals surface area contributed by atoms with Crippen molar-refractivity contribution in [3.8, 4) is 0 Å². The highest BCUT2D eigenvalue weighted by molar-refractivity contribution is 7.47. The fraction of sp³-hybridized carbons (Fsp3) is 0.659. The molecule has 5 atom stereocenters. The van der Waals surface area contributed by atoms with Crippen LogP contribution in [0.4, 0.5) is 0 Å². The van der Waals surface area contributed by atoms with E-state index < -0.39 is 72.3 Å². The summed E-state index contributed by atoms with van der Waals surface area (Å²) >= 11 is 0. The Bertz CT molecular complexity index is 1320. The smallest absolute Gasteiger partial charge is 0.462 e. The largest absolute Gasteiger partial charge is 0.472 e. The summed E-state index contributed by atoms with van der Waals surface area (Å²) in [5.74, 6) is -0.593. The van der Waals surface area contributed by atoms with Gasteiger partial charge in [0.05, 0.1) is 25.9 Å². The van der Waals surface area contributed by atoms with Gasteiger partial charge in [0.25, 0.3) is 0 Å². The lowest BCUT2D eigenvalue weighted by Crippen LogP contribution is -2.30. The van der Waals surface area contributed by atoms with Gasteiger partial charge < -0.3 is 34.4 Å². The highest BCUT2D eigenvalue weighted by Crippen LogP contribution is 2.43. The van der Waals surface area contributed by atoms with E-state index in [0.29, 0.717) is 12.8 Å². The Labute approximate surface area is 340 Å². The molecule has 0 saturated heterocycles. The van der Waals surface area contributed by atoms with Crippen LogP contribution in [-0.4, -0.2) is 81.6 Å². The van der Waals surface area contributed by atoms with Crippen molar-refractivity contribution in [1.29, 1.82) is 0 Å². The van der Waals surface area contributed by atoms with E-state index in [-0.39, 0.29) is 19.3 Å². The second-order valence-corrected chi connectivity index (χ2v) is 16.3. The summed E-state index contributed by atoms with van der Waals surface area (Å²) in [6, 6.07) is 0. The Morgan fingerprint density at radius 3 is 1.75 bits per heavy atom. The number of esters is 2. The summed E-state index contributed by atoms with van der Waals surface area (Å²) in [4.78, 5) is 52.5. The zero-order chi connectivity index (χ0) is 42.6. The number of carbonyl (C=O) groups excluding carboxylic acids is 2. The summed E-state index contributed by atoms with van der Waals surface area (Å²) in [6.07, 6.45) is 32.6. The van der Waals surface area contributed by atoms with Gasteiger partial charge in [-0.2, -0.15) is 0 Å². The number of hydrogen-bond donors (Lipinski definition) is 5. The quantitative estimate of drug-likeness (QED) is 0.0131. The lowest BCUT2D eigenvalue weighted by molar-refractivity contribution is -0.161. The Hall–Kier alpha value is -2.48. The van der Waals surface area contributed by atoms with Crippen molar-refractivity contribution in [2.45, 2.75) is 142 Å². The second kappa shape index (κ2) is 35.5. The van der Waals surface area contributed by atoms with Gasteiger partial charge in [-0.1, -0.05) is 139 Å². The average Bonchev–Trinajstić information content (AvgIpc) is 3.16. The van der Waals surface area contributed by atoms with Crippen LogP contribution in [0.3, 0.4) is 0 Å². The topological polar surface area (TPSA) is 216 Å². The molecular weight excluding hydrogens is 778 g/mol. The zero-order valence-corrected chi connectivity index (χ0v) is 36.0. The summed E-state index contributed by atoms with van der Waals surface area (Å²) in [7, 11) is -9.76. The first-order chi connectivity index (χ1) is 27.2. The van der Waals surface area contributed by atoms with E-state index in [1.807, 2.05) is 12.2 Å². The Morgan fingerprint density at radius 2 is 1.16 bits per heavy atom. The van der Waals surface area contributed by atoms with Gasteiger partial charge in [0.15, 0.2) is 6.10 Å². The fourth-order valence-electron chi connectivity index (χ4n) is 4.78. The van der Waals surface area contributed by atoms with E-state index in [1.165, 1.54) is 25.3 Å². The summed E-state index contributed by atoms with van der Waals surface area (Å²) in [6.45, 7) is 3.58. The number of rotatable bonds is 36. The molecule has 0 bridgehead atoms. The van der Waals surface area contributed by atoms with Gasteiger partial charge >= 0.3 is 27.6 Å². The summed E-state index contributed by atoms with van der Waals surface area (Å²) in [5, 5.41) is 20.0. The molecule has 0 amide bonds. The lowest BCUT2D eigenvalue weighted by atomic mass is 10.00. The highest BCUT2D eigenvalue weighted by atomic mass is 31.2. The van der Waals surface area contributed by atoms with E-state index in [1.54, 1.807) is 12.2 Å². The van der Waals surface area contributed by atoms with Crippen molar-refractivity contribution in [3.05, 3.63) is 72.9 Å². The molecule has 0 spiro atoms. The maximum Gasteiger partial charge on any atom is 0.472 e. The van der Waals surface area contributed by atoms with Crippen molar-refractivity contribution >= 4 is 27.6 Å². The Kier molecular flexibility index (Phi) is 33.9. The third kappa shape index (κ3) is 38.8. The molecule has 0 aliphatic rings. The molecule has 5 N–H and O–H groups in total. The Morgan fingerprint density at radius 1 is 0.614 bits per heavy atom. The van der Waals surface area contributed by atoms with E-state index >= 15 is 0 Å². The van der Waals surface area contributed by atoms with Crippen LogP contribution in [0.15, 0.2) is 72.9 Å². The molecule has 0 saturated carbocycles. The molecule has 0 radical (unpaired) electrons. The SMILES string of the molecule is CC/C=C\C/C=C\C/C=C\C/C=C\C/C=C\C=C/C(O)CCC(=O)O[C@H](COC(=O)CCCCCCCCC(C)CC)COP(=O)(O)OC[C@@H](O)COP(=O)(O)O. The number of unbranched alkanes of at least 4 members (excludes halogenated alkanes) is 5. The fourth-order valence-corrected chi connectivity index (χ4v) is 5.94. The maximum atomic E-state index is 12.6. The molecule has 0 heterocycles. The van der Waals surface area contributed by atoms with Gasteiger partial charge in [-0.05, 0) is 50.9 Å². The molecule has 16 heteroatoms. The average molecular weight is 849 g/mol. The summed E-state index contributed by atoms with van der Waals surface area (Å²) in [5.41, 5.74) is 0. The van der Waals surface area contributed by atoms with Crippen LogP contribution in [0, 0.1) is 5.92 Å². The molecule has 0 aromatic carbocycles. The molecule has 3 unspecified atom stereocenters. The van der Waals surface area contributed by atoms with Crippen LogP contribution in [0.25, 0.3) is 0 Å². The molecular formula is C41H70O14P2. The van der Waals surface area contributed by atoms with E-state index in [2.05, 4.69) is 72.4 Å². The minimum atomic E-state index is -4.89. The molecule has 0 rings (SSSR count). The van der Waals surface area contributed by atoms with Gasteiger partial charge in [-0.3, -0.25) is 23.2 Å². The van der Waals surface area contributed by atoms with Crippen molar-refractivity contribution in [2.24, 2.45) is 5.92 Å². The molecule has 0 aromatic rings. The first-order valence-electron chi connectivity index (χ1n) is 20.1. The predicted molar refractivity (Wildman–Crippen MR) is 222 cm³/mol. The van der Waals surface area contributed by atoms with Gasteiger partial charge in [0.2, 0.25) is 0 Å². The first-order valence-corrected chi connectivity index (χ1v) is 23.2. The molecule has 0 aliphatic heterocycles. The van der Waals surface area contributed by atoms with E-state index in [0.717, 1.165) is 57.3 Å². The number of carbonyl (C=O) groups is 2. The van der Waals surface area contributed by atoms with Crippen molar-refractivity contribution < 1.29 is 66.7 Å². The minimum Gasteiger partial charge on any atom is -0.462 e. The normalized spacial score (nSPS) is 16.0. The number of ether oxygens (including phenoxy) is 2. The molecule has 14 nitrogen and oxygen atoms in total. The highest BCUT2D eigenvalue weighted by Gasteiger charge is 2.28. The third-order valence-corrected chi connectivity index (χ3v) is 9.69. The predicted octanol–water partition coefficient (Wildman–Crippen LogP) is 8.66. The first kappa shape index (κ1) is 54.5. The number of allylic oxidation sites excluding steroid dienone is 11. The van der Waals surface area contributed by atoms with Gasteiger partial charge in [-0.25, -0.2) is 9.13 Å². The van der Waals surface area contributed by atoms with Crippen molar-refractivity contribution in [2.75, 3.05) is 26.4 Å². The van der Waals surface area contributed by atoms with Crippen molar-refractivity contribution in [3.63, 3.8) is 0 Å². The van der Waals surface area contributed by atoms with Gasteiger partial charge in [-0.15, -0.1) is 0 Å². The van der Waals surface area contributed by atoms with Crippen LogP contribution in [0.2, 0.25) is 0 Å². The summed E-state index contributed by atoms with van der Waals surface area (Å²) < 4.78 is 47.4. The molecule has 0 aliphatic carbocycles. The maximum absolute atomic E-state index is 12.6. The Balaban J connectivity index is 4.82. The van der Waals surface area contributed by atoms with Crippen molar-refractivity contribution in [1.82, 2.24) is 0 Å². The molecule has 57 heavy (non-hydrogen) atoms. The van der Waals surface area contributed by atoms with Crippen LogP contribution in [0.1, 0.15) is 124 Å². The number of phosphoric ester groups is 2. The third-order valence-electron chi connectivity index (χ3n) is 8.26. The molecule has 0 aromatic heterocycles. The van der Waals surface area contributed by atoms with E-state index in [9.17, 15) is 33.8 Å². The van der Waals surface area contributed by atoms with Gasteiger partial charge in [0.1, 0.15) is 12.7 Å². The number of phosphoric acid groups is 2. The van der Waals surface area contributed by atoms with Gasteiger partial charge in [0, 0.05) is 12.8 Å². The number of aliphatic hydroxyl groups excluding tert-OH is 2. The number of aliphatic hydroxyl groups is 2. The zero-order valence-electron chi connectivity index (χ0n) is 34.2. The number of hydrogen-bond acceptors (Lipinski definition) is 11. The second-order valence-electron chi connectivity index (χ2n) is 13.6. The van der Waals surface area contributed by atoms with Crippen LogP contribution < -0.4 is 0 Å². The lowest BCUT2D eigenvalue weighted by Gasteiger charge is -2.20. The molecule has 0 fully saturated rings. The molecule has 328 valence electrons. The minimum absolute atomic E-state index is 0.0151. The standard InChI is InChI=1S/C41H70O14P2/c1-4-6-7-8-9-10-11-12-13-14-15-16-17-18-22-25-28-37(42)30-31-41(45)55-39(35-54-57(49,50)53-33-38(43)32-52-56(46,47)48)34-51-40(44)29-26-23-20-19-21-24-27-36(3)5-2/h6-7,9-10,12-13,15-16,18,22,25,28,36-39,42-43H,4-5,8,11,14,17,19-21,23-24,26-27,29-35H2,1-3H3,(H,49,50)(H2,46,47,48)/b7-6-,10-9-,13-12-,16-15-,22-18-,28-25-/t36?,37?,38-,39+/m0/s1. The monoisotopic (exact) mass is 848 g/mol. The van der Waals surface area contributed by atoms with Crippen LogP contribution >= 0.6 is 15.6 Å². The van der Waals surface area contributed by atoms with E-state index in [4.69, 9.17) is 23.8 Å². The van der Waals surface area contributed by atoms with Crippen LogP contribution in [-0.2, 0) is 41.8 Å². The van der Waals surface area contributed by atoms with Crippen LogP contribution in [0.5, 0.6) is 0 Å².